The Hall–Kier alpha value is -4.49. The van der Waals surface area contributed by atoms with Crippen molar-refractivity contribution < 1.29 is 50.1 Å². The summed E-state index contributed by atoms with van der Waals surface area (Å²) in [4.78, 5) is 17.1. The highest BCUT2D eigenvalue weighted by Crippen LogP contribution is 2.46. The average Bonchev–Trinajstić information content (AvgIpc) is 2.87. The predicted molar refractivity (Wildman–Crippen MR) is 131 cm³/mol. The van der Waals surface area contributed by atoms with Crippen molar-refractivity contribution in [3.05, 3.63) is 77.1 Å². The number of fused-ring (bicyclic) bond motifs is 1. The van der Waals surface area contributed by atoms with E-state index >= 15 is 0 Å². The van der Waals surface area contributed by atoms with Crippen molar-refractivity contribution in [2.75, 3.05) is 24.4 Å². The maximum atomic E-state index is 14.9. The fourth-order valence-electron chi connectivity index (χ4n) is 4.26. The number of alkyl halides is 6. The largest absolute Gasteiger partial charge is 0.495 e. The van der Waals surface area contributed by atoms with Gasteiger partial charge in [-0.15, -0.1) is 0 Å². The smallest absolute Gasteiger partial charge is 0.416 e. The lowest BCUT2D eigenvalue weighted by atomic mass is 9.97. The zero-order valence-electron chi connectivity index (χ0n) is 20.7. The molecular weight excluding hydrogens is 551 g/mol. The maximum absolute atomic E-state index is 14.9. The Morgan fingerprint density at radius 2 is 1.55 bits per heavy atom. The minimum atomic E-state index is -4.82. The van der Waals surface area contributed by atoms with Crippen molar-refractivity contribution >= 4 is 29.0 Å². The molecule has 7 nitrogen and oxygen atoms in total. The molecule has 0 bridgehead atoms. The van der Waals surface area contributed by atoms with E-state index in [2.05, 4.69) is 10.3 Å². The Labute approximate surface area is 222 Å². The monoisotopic (exact) mass is 571 g/mol. The molecule has 0 aliphatic carbocycles. The van der Waals surface area contributed by atoms with Gasteiger partial charge in [0, 0.05) is 5.56 Å². The molecule has 1 aliphatic heterocycles. The van der Waals surface area contributed by atoms with E-state index in [1.165, 1.54) is 19.2 Å². The Morgan fingerprint density at radius 3 is 2.12 bits per heavy atom. The number of nitrogens with one attached hydrogen (secondary N) is 1. The number of carboxylic acids is 1. The van der Waals surface area contributed by atoms with Gasteiger partial charge in [0.1, 0.15) is 23.0 Å². The van der Waals surface area contributed by atoms with Crippen LogP contribution in [0.25, 0.3) is 0 Å². The molecule has 0 saturated heterocycles. The van der Waals surface area contributed by atoms with E-state index < -0.39 is 53.7 Å². The fourth-order valence-corrected chi connectivity index (χ4v) is 4.26. The molecule has 1 heterocycles. The summed E-state index contributed by atoms with van der Waals surface area (Å²) in [6, 6.07) is 7.14. The van der Waals surface area contributed by atoms with Gasteiger partial charge in [0.25, 0.3) is 0 Å². The number of guanidine groups is 1. The van der Waals surface area contributed by atoms with E-state index in [4.69, 9.17) is 9.47 Å². The molecule has 0 radical (unpaired) electrons. The molecule has 3 aromatic rings. The average molecular weight is 571 g/mol. The van der Waals surface area contributed by atoms with Crippen molar-refractivity contribution in [2.45, 2.75) is 24.8 Å². The SMILES string of the molecule is COc1ccc(C(F)(F)F)cc1NC1=Nc2c(F)cccc2C(CC(=O)O)N1c1cc(C(F)(F)F)ccc1OC. The highest BCUT2D eigenvalue weighted by molar-refractivity contribution is 6.10. The van der Waals surface area contributed by atoms with Gasteiger partial charge in [-0.2, -0.15) is 26.3 Å². The van der Waals surface area contributed by atoms with Gasteiger partial charge in [-0.1, -0.05) is 12.1 Å². The summed E-state index contributed by atoms with van der Waals surface area (Å²) in [5.74, 6) is -3.01. The van der Waals surface area contributed by atoms with Gasteiger partial charge in [-0.25, -0.2) is 9.38 Å². The number of anilines is 2. The zero-order chi connectivity index (χ0) is 29.4. The number of hydrogen-bond acceptors (Lipinski definition) is 6. The number of benzene rings is 3. The minimum Gasteiger partial charge on any atom is -0.495 e. The third-order valence-electron chi connectivity index (χ3n) is 6.04. The maximum Gasteiger partial charge on any atom is 0.416 e. The number of aliphatic imine (C=N–C) groups is 1. The van der Waals surface area contributed by atoms with Crippen LogP contribution in [0.15, 0.2) is 59.6 Å². The van der Waals surface area contributed by atoms with Crippen LogP contribution < -0.4 is 19.7 Å². The summed E-state index contributed by atoms with van der Waals surface area (Å²) in [6.07, 6.45) is -10.3. The second-order valence-electron chi connectivity index (χ2n) is 8.52. The van der Waals surface area contributed by atoms with Gasteiger partial charge < -0.3 is 24.8 Å². The van der Waals surface area contributed by atoms with Crippen LogP contribution in [0.3, 0.4) is 0 Å². The molecule has 3 aromatic carbocycles. The second kappa shape index (κ2) is 10.6. The summed E-state index contributed by atoms with van der Waals surface area (Å²) in [5, 5.41) is 12.3. The topological polar surface area (TPSA) is 83.4 Å². The minimum absolute atomic E-state index is 0.0171. The molecular formula is C26H20F7N3O4. The summed E-state index contributed by atoms with van der Waals surface area (Å²) < 4.78 is 107. The lowest BCUT2D eigenvalue weighted by Gasteiger charge is -2.38. The molecule has 40 heavy (non-hydrogen) atoms. The number of aliphatic carboxylic acids is 1. The summed E-state index contributed by atoms with van der Waals surface area (Å²) in [5.41, 5.74) is -3.19. The number of hydrogen-bond donors (Lipinski definition) is 2. The van der Waals surface area contributed by atoms with Crippen LogP contribution in [0.4, 0.5) is 47.8 Å². The van der Waals surface area contributed by atoms with E-state index in [9.17, 15) is 40.6 Å². The van der Waals surface area contributed by atoms with E-state index in [-0.39, 0.29) is 34.1 Å². The van der Waals surface area contributed by atoms with Crippen LogP contribution >= 0.6 is 0 Å². The van der Waals surface area contributed by atoms with Crippen LogP contribution in [-0.4, -0.2) is 31.3 Å². The number of carboxylic acid groups (broad SMARTS) is 1. The Morgan fingerprint density at radius 1 is 0.950 bits per heavy atom. The van der Waals surface area contributed by atoms with E-state index in [0.717, 1.165) is 42.3 Å². The van der Waals surface area contributed by atoms with Gasteiger partial charge in [-0.05, 0) is 42.5 Å². The highest BCUT2D eigenvalue weighted by Gasteiger charge is 2.39. The fraction of sp³-hybridized carbons (Fsp3) is 0.231. The number of carbonyl (C=O) groups is 1. The molecule has 14 heteroatoms. The van der Waals surface area contributed by atoms with Crippen LogP contribution in [0.1, 0.15) is 29.2 Å². The molecule has 1 aliphatic rings. The van der Waals surface area contributed by atoms with Gasteiger partial charge in [0.15, 0.2) is 0 Å². The predicted octanol–water partition coefficient (Wildman–Crippen LogP) is 7.02. The van der Waals surface area contributed by atoms with Crippen molar-refractivity contribution in [1.82, 2.24) is 0 Å². The molecule has 212 valence electrons. The normalized spacial score (nSPS) is 15.3. The number of halogens is 7. The number of rotatable bonds is 6. The van der Waals surface area contributed by atoms with Gasteiger partial charge >= 0.3 is 18.3 Å². The van der Waals surface area contributed by atoms with Crippen molar-refractivity contribution in [1.29, 1.82) is 0 Å². The van der Waals surface area contributed by atoms with Crippen LogP contribution in [0.2, 0.25) is 0 Å². The summed E-state index contributed by atoms with van der Waals surface area (Å²) >= 11 is 0. The lowest BCUT2D eigenvalue weighted by Crippen LogP contribution is -2.43. The molecule has 4 rings (SSSR count). The number of nitrogens with zero attached hydrogens (tertiary/aromatic N) is 2. The standard InChI is InChI=1S/C26H20F7N3O4/c1-39-20-8-6-13(25(28,29)30)10-17(20)34-24-35-23-15(4-3-5-16(23)27)18(12-22(37)38)36(24)19-11-14(26(31,32)33)7-9-21(19)40-2/h3-11,18H,12H2,1-2H3,(H,34,35)(H,37,38). The van der Waals surface area contributed by atoms with Crippen molar-refractivity contribution in [3.63, 3.8) is 0 Å². The molecule has 2 N–H and O–H groups in total. The number of para-hydroxylation sites is 1. The third kappa shape index (κ3) is 5.60. The molecule has 0 aromatic heterocycles. The Bertz CT molecular complexity index is 1470. The molecule has 0 saturated carbocycles. The van der Waals surface area contributed by atoms with E-state index in [1.54, 1.807) is 0 Å². The zero-order valence-corrected chi connectivity index (χ0v) is 20.7. The molecule has 1 atom stereocenters. The third-order valence-corrected chi connectivity index (χ3v) is 6.04. The van der Waals surface area contributed by atoms with Gasteiger partial charge in [0.05, 0.1) is 49.2 Å². The van der Waals surface area contributed by atoms with Gasteiger partial charge in [-0.3, -0.25) is 4.79 Å². The van der Waals surface area contributed by atoms with Crippen LogP contribution in [-0.2, 0) is 17.1 Å². The van der Waals surface area contributed by atoms with Crippen molar-refractivity contribution in [3.8, 4) is 11.5 Å². The molecule has 1 unspecified atom stereocenters. The van der Waals surface area contributed by atoms with E-state index in [1.807, 2.05) is 0 Å². The first-order valence-electron chi connectivity index (χ1n) is 11.4. The number of methoxy groups -OCH3 is 2. The lowest BCUT2D eigenvalue weighted by molar-refractivity contribution is -0.138. The first-order chi connectivity index (χ1) is 18.7. The first kappa shape index (κ1) is 28.5. The second-order valence-corrected chi connectivity index (χ2v) is 8.52. The quantitative estimate of drug-likeness (QED) is 0.310. The molecule has 0 spiro atoms. The summed E-state index contributed by atoms with van der Waals surface area (Å²) in [7, 11) is 2.34. The first-order valence-corrected chi connectivity index (χ1v) is 11.4. The molecule has 0 fully saturated rings. The molecule has 0 amide bonds. The Balaban J connectivity index is 2.01. The van der Waals surface area contributed by atoms with Gasteiger partial charge in [0.2, 0.25) is 5.96 Å². The summed E-state index contributed by atoms with van der Waals surface area (Å²) in [6.45, 7) is 0. The van der Waals surface area contributed by atoms with Crippen LogP contribution in [0, 0.1) is 5.82 Å². The highest BCUT2D eigenvalue weighted by atomic mass is 19.4. The van der Waals surface area contributed by atoms with E-state index in [0.29, 0.717) is 12.1 Å². The Kier molecular flexibility index (Phi) is 7.55. The van der Waals surface area contributed by atoms with Crippen molar-refractivity contribution in [2.24, 2.45) is 4.99 Å². The van der Waals surface area contributed by atoms with Crippen LogP contribution in [0.5, 0.6) is 11.5 Å². The number of ether oxygens (including phenoxy) is 2.